The van der Waals surface area contributed by atoms with Gasteiger partial charge in [-0.1, -0.05) is 48.0 Å². The van der Waals surface area contributed by atoms with E-state index in [9.17, 15) is 14.7 Å². The van der Waals surface area contributed by atoms with Gasteiger partial charge in [-0.3, -0.25) is 0 Å². The molecular formula is C21H24ClNO4. The van der Waals surface area contributed by atoms with Crippen LogP contribution in [0.5, 0.6) is 0 Å². The van der Waals surface area contributed by atoms with E-state index >= 15 is 0 Å². The van der Waals surface area contributed by atoms with Crippen molar-refractivity contribution < 1.29 is 19.4 Å². The van der Waals surface area contributed by atoms with Crippen LogP contribution in [-0.2, 0) is 16.0 Å². The number of carboxylic acid groups (broad SMARTS) is 1. The molecule has 2 aromatic rings. The number of carbonyl (C=O) groups excluding carboxylic acids is 1. The number of alkyl carbamates (subject to hydrolysis) is 1. The van der Waals surface area contributed by atoms with Crippen LogP contribution in [-0.4, -0.2) is 28.8 Å². The lowest BCUT2D eigenvalue weighted by Crippen LogP contribution is -2.43. The van der Waals surface area contributed by atoms with E-state index in [-0.39, 0.29) is 6.42 Å². The average Bonchev–Trinajstić information content (AvgIpc) is 2.58. The maximum atomic E-state index is 11.8. The Balaban J connectivity index is 1.95. The van der Waals surface area contributed by atoms with E-state index in [1.165, 1.54) is 0 Å². The first-order chi connectivity index (χ1) is 12.6. The van der Waals surface area contributed by atoms with Gasteiger partial charge < -0.3 is 15.2 Å². The minimum absolute atomic E-state index is 0.273. The highest BCUT2D eigenvalue weighted by Crippen LogP contribution is 2.22. The second-order valence-electron chi connectivity index (χ2n) is 7.28. The zero-order valence-electron chi connectivity index (χ0n) is 15.7. The van der Waals surface area contributed by atoms with Crippen LogP contribution in [0, 0.1) is 0 Å². The SMILES string of the molecule is CC(C)(C)OC(=O)N[C@H](CCc1ccc(-c2ccc(Cl)cc2)cc1)C(=O)O. The van der Waals surface area contributed by atoms with Crippen molar-refractivity contribution in [2.75, 3.05) is 0 Å². The summed E-state index contributed by atoms with van der Waals surface area (Å²) in [6.07, 6.45) is 0.0655. The van der Waals surface area contributed by atoms with Crippen LogP contribution in [0.2, 0.25) is 5.02 Å². The monoisotopic (exact) mass is 389 g/mol. The van der Waals surface area contributed by atoms with Gasteiger partial charge in [-0.05, 0) is 62.4 Å². The van der Waals surface area contributed by atoms with Crippen LogP contribution < -0.4 is 5.32 Å². The number of rotatable bonds is 6. The minimum atomic E-state index is -1.08. The van der Waals surface area contributed by atoms with Crippen molar-refractivity contribution in [2.45, 2.75) is 45.3 Å². The van der Waals surface area contributed by atoms with Crippen LogP contribution >= 0.6 is 11.6 Å². The molecule has 1 amide bonds. The van der Waals surface area contributed by atoms with Crippen LogP contribution in [0.15, 0.2) is 48.5 Å². The number of carbonyl (C=O) groups is 2. The third kappa shape index (κ3) is 6.94. The Kier molecular flexibility index (Phi) is 6.86. The molecule has 0 saturated heterocycles. The summed E-state index contributed by atoms with van der Waals surface area (Å²) in [5.41, 5.74) is 2.42. The molecule has 0 spiro atoms. The fourth-order valence-electron chi connectivity index (χ4n) is 2.52. The van der Waals surface area contributed by atoms with E-state index in [2.05, 4.69) is 5.32 Å². The smallest absolute Gasteiger partial charge is 0.408 e. The Morgan fingerprint density at radius 1 is 1.04 bits per heavy atom. The van der Waals surface area contributed by atoms with Gasteiger partial charge in [0.15, 0.2) is 0 Å². The topological polar surface area (TPSA) is 75.6 Å². The largest absolute Gasteiger partial charge is 0.480 e. The summed E-state index contributed by atoms with van der Waals surface area (Å²) in [5, 5.41) is 12.4. The highest BCUT2D eigenvalue weighted by molar-refractivity contribution is 6.30. The van der Waals surface area contributed by atoms with Crippen molar-refractivity contribution in [1.82, 2.24) is 5.32 Å². The molecule has 0 saturated carbocycles. The molecule has 0 heterocycles. The number of nitrogens with one attached hydrogen (secondary N) is 1. The quantitative estimate of drug-likeness (QED) is 0.735. The van der Waals surface area contributed by atoms with Gasteiger partial charge in [0.2, 0.25) is 0 Å². The lowest BCUT2D eigenvalue weighted by atomic mass is 10.0. The maximum absolute atomic E-state index is 11.8. The van der Waals surface area contributed by atoms with Gasteiger partial charge in [-0.2, -0.15) is 0 Å². The Labute approximate surface area is 164 Å². The van der Waals surface area contributed by atoms with Gasteiger partial charge in [0.25, 0.3) is 0 Å². The van der Waals surface area contributed by atoms with Crippen molar-refractivity contribution in [3.8, 4) is 11.1 Å². The molecule has 0 unspecified atom stereocenters. The summed E-state index contributed by atoms with van der Waals surface area (Å²) in [4.78, 5) is 23.2. The molecule has 0 aliphatic rings. The van der Waals surface area contributed by atoms with Gasteiger partial charge in [-0.25, -0.2) is 9.59 Å². The molecule has 6 heteroatoms. The molecule has 2 N–H and O–H groups in total. The molecule has 2 rings (SSSR count). The minimum Gasteiger partial charge on any atom is -0.480 e. The first-order valence-corrected chi connectivity index (χ1v) is 9.09. The fraction of sp³-hybridized carbons (Fsp3) is 0.333. The molecule has 1 atom stereocenters. The number of carboxylic acids is 1. The summed E-state index contributed by atoms with van der Waals surface area (Å²) in [6, 6.07) is 14.4. The van der Waals surface area contributed by atoms with Crippen molar-refractivity contribution in [1.29, 1.82) is 0 Å². The zero-order valence-corrected chi connectivity index (χ0v) is 16.4. The Morgan fingerprint density at radius 3 is 2.04 bits per heavy atom. The number of aryl methyl sites for hydroxylation is 1. The first-order valence-electron chi connectivity index (χ1n) is 8.71. The molecule has 144 valence electrons. The van der Waals surface area contributed by atoms with E-state index < -0.39 is 23.7 Å². The second kappa shape index (κ2) is 8.91. The molecule has 2 aromatic carbocycles. The molecule has 5 nitrogen and oxygen atoms in total. The molecule has 0 aliphatic heterocycles. The molecule has 0 bridgehead atoms. The van der Waals surface area contributed by atoms with Crippen LogP contribution in [0.25, 0.3) is 11.1 Å². The lowest BCUT2D eigenvalue weighted by Gasteiger charge is -2.22. The summed E-state index contributed by atoms with van der Waals surface area (Å²) in [6.45, 7) is 5.18. The van der Waals surface area contributed by atoms with E-state index in [0.29, 0.717) is 11.4 Å². The molecule has 0 aromatic heterocycles. The highest BCUT2D eigenvalue weighted by Gasteiger charge is 2.23. The molecule has 0 fully saturated rings. The molecular weight excluding hydrogens is 366 g/mol. The van der Waals surface area contributed by atoms with Crippen molar-refractivity contribution in [3.63, 3.8) is 0 Å². The fourth-order valence-corrected chi connectivity index (χ4v) is 2.65. The molecule has 27 heavy (non-hydrogen) atoms. The van der Waals surface area contributed by atoms with Gasteiger partial charge >= 0.3 is 12.1 Å². The predicted octanol–water partition coefficient (Wildman–Crippen LogP) is 4.92. The highest BCUT2D eigenvalue weighted by atomic mass is 35.5. The Bertz CT molecular complexity index is 779. The second-order valence-corrected chi connectivity index (χ2v) is 7.72. The Hall–Kier alpha value is -2.53. The summed E-state index contributed by atoms with van der Waals surface area (Å²) >= 11 is 5.91. The number of ether oxygens (including phenoxy) is 1. The predicted molar refractivity (Wildman–Crippen MR) is 106 cm³/mol. The first kappa shape index (κ1) is 20.8. The van der Waals surface area contributed by atoms with Gasteiger partial charge in [0.05, 0.1) is 0 Å². The normalized spacial score (nSPS) is 12.3. The number of aliphatic carboxylic acids is 1. The van der Waals surface area contributed by atoms with Crippen LogP contribution in [0.4, 0.5) is 4.79 Å². The number of benzene rings is 2. The van der Waals surface area contributed by atoms with Gasteiger partial charge in [0.1, 0.15) is 11.6 Å². The van der Waals surface area contributed by atoms with Crippen molar-refractivity contribution in [3.05, 3.63) is 59.1 Å². The number of hydrogen-bond acceptors (Lipinski definition) is 3. The van der Waals surface area contributed by atoms with Crippen molar-refractivity contribution >= 4 is 23.7 Å². The standard InChI is InChI=1S/C21H24ClNO4/c1-21(2,3)27-20(26)23-18(19(24)25)13-6-14-4-7-15(8-5-14)16-9-11-17(22)12-10-16/h4-5,7-12,18H,6,13H2,1-3H3,(H,23,26)(H,24,25)/t18-/m1/s1. The van der Waals surface area contributed by atoms with Crippen LogP contribution in [0.3, 0.4) is 0 Å². The number of halogens is 1. The van der Waals surface area contributed by atoms with Gasteiger partial charge in [-0.15, -0.1) is 0 Å². The van der Waals surface area contributed by atoms with Gasteiger partial charge in [0, 0.05) is 5.02 Å². The van der Waals surface area contributed by atoms with E-state index in [1.54, 1.807) is 20.8 Å². The summed E-state index contributed by atoms with van der Waals surface area (Å²) in [5.74, 6) is -1.08. The van der Waals surface area contributed by atoms with E-state index in [4.69, 9.17) is 16.3 Å². The van der Waals surface area contributed by atoms with E-state index in [1.807, 2.05) is 48.5 Å². The van der Waals surface area contributed by atoms with Crippen LogP contribution in [0.1, 0.15) is 32.8 Å². The summed E-state index contributed by atoms with van der Waals surface area (Å²) in [7, 11) is 0. The Morgan fingerprint density at radius 2 is 1.56 bits per heavy atom. The third-order valence-electron chi connectivity index (χ3n) is 3.84. The third-order valence-corrected chi connectivity index (χ3v) is 4.09. The number of hydrogen-bond donors (Lipinski definition) is 2. The van der Waals surface area contributed by atoms with Crippen molar-refractivity contribution in [2.24, 2.45) is 0 Å². The van der Waals surface area contributed by atoms with E-state index in [0.717, 1.165) is 16.7 Å². The summed E-state index contributed by atoms with van der Waals surface area (Å²) < 4.78 is 5.12. The average molecular weight is 390 g/mol. The molecule has 0 aliphatic carbocycles. The zero-order chi connectivity index (χ0) is 20.0. The maximum Gasteiger partial charge on any atom is 0.408 e. The molecule has 0 radical (unpaired) electrons. The lowest BCUT2D eigenvalue weighted by molar-refractivity contribution is -0.139. The number of amides is 1.